The third-order valence-corrected chi connectivity index (χ3v) is 4.06. The Morgan fingerprint density at radius 2 is 2.17 bits per heavy atom. The average Bonchev–Trinajstić information content (AvgIpc) is 3.11. The fourth-order valence-electron chi connectivity index (χ4n) is 2.83. The predicted molar refractivity (Wildman–Crippen MR) is 85.9 cm³/mol. The minimum atomic E-state index is -0.460. The number of amides is 1. The molecule has 1 fully saturated rings. The van der Waals surface area contributed by atoms with Gasteiger partial charge in [0.25, 0.3) is 0 Å². The van der Waals surface area contributed by atoms with Crippen molar-refractivity contribution in [1.82, 2.24) is 19.6 Å². The molecule has 0 aromatic carbocycles. The van der Waals surface area contributed by atoms with Gasteiger partial charge in [0, 0.05) is 20.6 Å². The Hall–Kier alpha value is -2.09. The van der Waals surface area contributed by atoms with Gasteiger partial charge in [-0.05, 0) is 26.3 Å². The monoisotopic (exact) mass is 323 g/mol. The summed E-state index contributed by atoms with van der Waals surface area (Å²) in [6.45, 7) is 4.12. The van der Waals surface area contributed by atoms with E-state index in [4.69, 9.17) is 10.5 Å². The highest BCUT2D eigenvalue weighted by Crippen LogP contribution is 2.19. The summed E-state index contributed by atoms with van der Waals surface area (Å²) >= 11 is 0. The fourth-order valence-corrected chi connectivity index (χ4v) is 2.83. The molecule has 128 valence electrons. The van der Waals surface area contributed by atoms with E-state index in [2.05, 4.69) is 10.00 Å². The molecular weight excluding hydrogens is 298 g/mol. The summed E-state index contributed by atoms with van der Waals surface area (Å²) in [6, 6.07) is -0.0775. The van der Waals surface area contributed by atoms with E-state index in [0.717, 1.165) is 19.4 Å². The second-order valence-corrected chi connectivity index (χ2v) is 5.81. The zero-order valence-corrected chi connectivity index (χ0v) is 14.0. The van der Waals surface area contributed by atoms with Crippen molar-refractivity contribution in [3.63, 3.8) is 0 Å². The first-order valence-electron chi connectivity index (χ1n) is 7.89. The number of nitrogens with two attached hydrogens (primary N) is 1. The largest absolute Gasteiger partial charge is 0.462 e. The van der Waals surface area contributed by atoms with Gasteiger partial charge in [-0.15, -0.1) is 0 Å². The molecule has 0 spiro atoms. The Morgan fingerprint density at radius 1 is 1.43 bits per heavy atom. The minimum Gasteiger partial charge on any atom is -0.462 e. The molecule has 8 heteroatoms. The van der Waals surface area contributed by atoms with Gasteiger partial charge in [-0.2, -0.15) is 5.10 Å². The van der Waals surface area contributed by atoms with Gasteiger partial charge in [0.15, 0.2) is 0 Å². The summed E-state index contributed by atoms with van der Waals surface area (Å²) in [5, 5.41) is 4.15. The van der Waals surface area contributed by atoms with Crippen LogP contribution < -0.4 is 5.73 Å². The van der Waals surface area contributed by atoms with Crippen LogP contribution in [0.15, 0.2) is 6.20 Å². The fraction of sp³-hybridized carbons (Fsp3) is 0.667. The molecule has 0 unspecified atom stereocenters. The van der Waals surface area contributed by atoms with Crippen molar-refractivity contribution in [3.8, 4) is 0 Å². The highest BCUT2D eigenvalue weighted by molar-refractivity contribution is 5.93. The lowest BCUT2D eigenvalue weighted by molar-refractivity contribution is -0.133. The molecule has 1 aliphatic rings. The lowest BCUT2D eigenvalue weighted by Crippen LogP contribution is -2.43. The van der Waals surface area contributed by atoms with E-state index in [0.29, 0.717) is 25.5 Å². The first kappa shape index (κ1) is 17.3. The summed E-state index contributed by atoms with van der Waals surface area (Å²) in [7, 11) is 3.55. The molecule has 23 heavy (non-hydrogen) atoms. The lowest BCUT2D eigenvalue weighted by atomic mass is 10.2. The Bertz CT molecular complexity index is 569. The summed E-state index contributed by atoms with van der Waals surface area (Å²) in [5.74, 6) is -0.0284. The SMILES string of the molecule is CCOC(=O)c1cnn(CCN2CCC[C@@H]2C(=O)N(C)C)c1N. The Balaban J connectivity index is 1.98. The van der Waals surface area contributed by atoms with Crippen LogP contribution in [0, 0.1) is 0 Å². The summed E-state index contributed by atoms with van der Waals surface area (Å²) in [6.07, 6.45) is 3.31. The second-order valence-electron chi connectivity index (χ2n) is 5.81. The third kappa shape index (κ3) is 3.82. The van der Waals surface area contributed by atoms with Crippen molar-refractivity contribution in [1.29, 1.82) is 0 Å². The highest BCUT2D eigenvalue weighted by atomic mass is 16.5. The number of carbonyl (C=O) groups excluding carboxylic acids is 2. The number of nitrogens with zero attached hydrogens (tertiary/aromatic N) is 4. The number of rotatable bonds is 6. The highest BCUT2D eigenvalue weighted by Gasteiger charge is 2.31. The number of aromatic nitrogens is 2. The quantitative estimate of drug-likeness (QED) is 0.751. The molecule has 1 aromatic heterocycles. The number of ether oxygens (including phenoxy) is 1. The van der Waals surface area contributed by atoms with Crippen molar-refractivity contribution in [2.24, 2.45) is 0 Å². The summed E-state index contributed by atoms with van der Waals surface area (Å²) in [4.78, 5) is 27.7. The van der Waals surface area contributed by atoms with Gasteiger partial charge >= 0.3 is 5.97 Å². The maximum absolute atomic E-state index is 12.2. The lowest BCUT2D eigenvalue weighted by Gasteiger charge is -2.26. The number of nitrogen functional groups attached to an aromatic ring is 1. The molecule has 1 aliphatic heterocycles. The van der Waals surface area contributed by atoms with Gasteiger partial charge in [0.05, 0.1) is 25.4 Å². The van der Waals surface area contributed by atoms with E-state index in [-0.39, 0.29) is 17.5 Å². The van der Waals surface area contributed by atoms with E-state index >= 15 is 0 Å². The standard InChI is InChI=1S/C15H25N5O3/c1-4-23-15(22)11-10-17-20(13(11)16)9-8-19-7-5-6-12(19)14(21)18(2)3/h10,12H,4-9,16H2,1-3H3/t12-/m1/s1. The van der Waals surface area contributed by atoms with Crippen LogP contribution in [-0.2, 0) is 16.1 Å². The first-order chi connectivity index (χ1) is 11.0. The molecular formula is C15H25N5O3. The van der Waals surface area contributed by atoms with Crippen LogP contribution in [0.1, 0.15) is 30.1 Å². The van der Waals surface area contributed by atoms with Crippen LogP contribution in [0.3, 0.4) is 0 Å². The molecule has 1 atom stereocenters. The van der Waals surface area contributed by atoms with Crippen LogP contribution >= 0.6 is 0 Å². The number of hydrogen-bond acceptors (Lipinski definition) is 6. The van der Waals surface area contributed by atoms with Crippen molar-refractivity contribution < 1.29 is 14.3 Å². The van der Waals surface area contributed by atoms with Crippen LogP contribution in [0.5, 0.6) is 0 Å². The average molecular weight is 323 g/mol. The number of esters is 1. The van der Waals surface area contributed by atoms with Crippen molar-refractivity contribution in [2.75, 3.05) is 39.5 Å². The Labute approximate surface area is 136 Å². The van der Waals surface area contributed by atoms with Crippen molar-refractivity contribution >= 4 is 17.7 Å². The maximum atomic E-state index is 12.2. The van der Waals surface area contributed by atoms with Gasteiger partial charge in [-0.1, -0.05) is 0 Å². The molecule has 2 N–H and O–H groups in total. The third-order valence-electron chi connectivity index (χ3n) is 4.06. The van der Waals surface area contributed by atoms with Crippen molar-refractivity contribution in [3.05, 3.63) is 11.8 Å². The van der Waals surface area contributed by atoms with E-state index in [9.17, 15) is 9.59 Å². The molecule has 0 bridgehead atoms. The maximum Gasteiger partial charge on any atom is 0.343 e. The van der Waals surface area contributed by atoms with Crippen LogP contribution in [0.25, 0.3) is 0 Å². The molecule has 2 heterocycles. The number of likely N-dealkylation sites (N-methyl/N-ethyl adjacent to an activating group) is 1. The molecule has 0 aliphatic carbocycles. The smallest absolute Gasteiger partial charge is 0.343 e. The van der Waals surface area contributed by atoms with Crippen LogP contribution in [-0.4, -0.2) is 71.3 Å². The molecule has 2 rings (SSSR count). The van der Waals surface area contributed by atoms with E-state index in [1.54, 1.807) is 30.6 Å². The van der Waals surface area contributed by atoms with Crippen LogP contribution in [0.4, 0.5) is 5.82 Å². The molecule has 1 aromatic rings. The van der Waals surface area contributed by atoms with Crippen molar-refractivity contribution in [2.45, 2.75) is 32.4 Å². The molecule has 1 saturated heterocycles. The van der Waals surface area contributed by atoms with Gasteiger partial charge in [-0.3, -0.25) is 9.69 Å². The molecule has 0 saturated carbocycles. The molecule has 8 nitrogen and oxygen atoms in total. The van der Waals surface area contributed by atoms with Gasteiger partial charge in [0.2, 0.25) is 5.91 Å². The van der Waals surface area contributed by atoms with E-state index in [1.807, 2.05) is 0 Å². The first-order valence-corrected chi connectivity index (χ1v) is 7.89. The topological polar surface area (TPSA) is 93.7 Å². The van der Waals surface area contributed by atoms with Gasteiger partial charge < -0.3 is 15.4 Å². The number of anilines is 1. The predicted octanol–water partition coefficient (Wildman–Crippen LogP) is 0.195. The zero-order valence-electron chi connectivity index (χ0n) is 14.0. The van der Waals surface area contributed by atoms with Gasteiger partial charge in [0.1, 0.15) is 11.4 Å². The summed E-state index contributed by atoms with van der Waals surface area (Å²) in [5.41, 5.74) is 6.25. The Kier molecular flexibility index (Phi) is 5.59. The number of hydrogen-bond donors (Lipinski definition) is 1. The van der Waals surface area contributed by atoms with E-state index in [1.165, 1.54) is 6.20 Å². The Morgan fingerprint density at radius 3 is 2.83 bits per heavy atom. The second kappa shape index (κ2) is 7.45. The van der Waals surface area contributed by atoms with Gasteiger partial charge in [-0.25, -0.2) is 9.48 Å². The number of likely N-dealkylation sites (tertiary alicyclic amines) is 1. The molecule has 0 radical (unpaired) electrons. The zero-order chi connectivity index (χ0) is 17.0. The summed E-state index contributed by atoms with van der Waals surface area (Å²) < 4.78 is 6.53. The normalized spacial score (nSPS) is 18.1. The number of carbonyl (C=O) groups is 2. The molecule has 1 amide bonds. The van der Waals surface area contributed by atoms with Crippen LogP contribution in [0.2, 0.25) is 0 Å². The van der Waals surface area contributed by atoms with E-state index < -0.39 is 5.97 Å². The minimum absolute atomic E-state index is 0.0775.